The van der Waals surface area contributed by atoms with Crippen LogP contribution < -0.4 is 11.1 Å². The predicted molar refractivity (Wildman–Crippen MR) is 116 cm³/mol. The van der Waals surface area contributed by atoms with E-state index in [1.807, 2.05) is 39.0 Å². The van der Waals surface area contributed by atoms with Crippen molar-refractivity contribution in [1.29, 1.82) is 0 Å². The Bertz CT molecular complexity index is 1000. The molecule has 0 saturated heterocycles. The topological polar surface area (TPSA) is 72.9 Å². The van der Waals surface area contributed by atoms with E-state index in [-0.39, 0.29) is 17.1 Å². The van der Waals surface area contributed by atoms with Gasteiger partial charge in [-0.05, 0) is 54.3 Å². The maximum atomic E-state index is 13.4. The summed E-state index contributed by atoms with van der Waals surface area (Å²) in [7, 11) is 0. The average Bonchev–Trinajstić information content (AvgIpc) is 3.03. The van der Waals surface area contributed by atoms with Crippen molar-refractivity contribution in [2.75, 3.05) is 5.32 Å². The molecule has 0 unspecified atom stereocenters. The number of amides is 1. The molecule has 6 heteroatoms. The van der Waals surface area contributed by atoms with E-state index in [4.69, 9.17) is 10.7 Å². The number of rotatable bonds is 6. The first-order valence-corrected chi connectivity index (χ1v) is 10.0. The summed E-state index contributed by atoms with van der Waals surface area (Å²) in [5, 5.41) is 2.90. The van der Waals surface area contributed by atoms with Gasteiger partial charge in [-0.25, -0.2) is 9.37 Å². The van der Waals surface area contributed by atoms with Crippen molar-refractivity contribution in [3.05, 3.63) is 48.3 Å². The van der Waals surface area contributed by atoms with E-state index >= 15 is 0 Å². The fourth-order valence-electron chi connectivity index (χ4n) is 3.18. The number of nitrogens with zero attached hydrogens (tertiary/aromatic N) is 2. The Hall–Kier alpha value is -2.73. The van der Waals surface area contributed by atoms with Crippen LogP contribution in [0.5, 0.6) is 0 Å². The molecule has 5 nitrogen and oxygen atoms in total. The van der Waals surface area contributed by atoms with Crippen molar-refractivity contribution in [3.8, 4) is 11.4 Å². The molecule has 2 aromatic carbocycles. The third kappa shape index (κ3) is 4.65. The summed E-state index contributed by atoms with van der Waals surface area (Å²) < 4.78 is 15.5. The van der Waals surface area contributed by atoms with Gasteiger partial charge in [0.05, 0.1) is 17.1 Å². The summed E-state index contributed by atoms with van der Waals surface area (Å²) >= 11 is 0. The number of anilines is 1. The quantitative estimate of drug-likeness (QED) is 0.619. The van der Waals surface area contributed by atoms with E-state index in [1.54, 1.807) is 12.1 Å². The molecule has 154 valence electrons. The third-order valence-corrected chi connectivity index (χ3v) is 5.07. The number of hydrogen-bond acceptors (Lipinski definition) is 3. The first-order valence-electron chi connectivity index (χ1n) is 10.0. The second kappa shape index (κ2) is 8.33. The number of carbonyl (C=O) groups is 1. The molecule has 29 heavy (non-hydrogen) atoms. The number of imidazole rings is 1. The first-order chi connectivity index (χ1) is 13.7. The fraction of sp³-hybridized carbons (Fsp3) is 0.391. The minimum Gasteiger partial charge on any atom is -0.325 e. The van der Waals surface area contributed by atoms with Crippen molar-refractivity contribution >= 4 is 22.6 Å². The number of benzene rings is 2. The van der Waals surface area contributed by atoms with E-state index in [1.165, 1.54) is 12.1 Å². The zero-order chi connectivity index (χ0) is 21.2. The molecule has 0 aliphatic rings. The monoisotopic (exact) mass is 396 g/mol. The molecule has 1 atom stereocenters. The largest absolute Gasteiger partial charge is 0.325 e. The van der Waals surface area contributed by atoms with Crippen LogP contribution in [0.3, 0.4) is 0 Å². The fourth-order valence-corrected chi connectivity index (χ4v) is 3.18. The lowest BCUT2D eigenvalue weighted by Crippen LogP contribution is -2.45. The highest BCUT2D eigenvalue weighted by molar-refractivity contribution is 5.97. The number of hydrogen-bond donors (Lipinski definition) is 2. The van der Waals surface area contributed by atoms with Gasteiger partial charge in [0.2, 0.25) is 5.91 Å². The molecule has 1 aromatic heterocycles. The maximum Gasteiger partial charge on any atom is 0.241 e. The standard InChI is InChI=1S/C23H29FN4O/c1-5-6-13-28-19-12-11-17(26-22(29)20(25)23(2,3)4)14-18(19)27-21(28)15-7-9-16(24)10-8-15/h7-12,14,20H,5-6,13,25H2,1-4H3,(H,26,29)/t20-/m1/s1. The SMILES string of the molecule is CCCCn1c(-c2ccc(F)cc2)nc2cc(NC(=O)[C@@H](N)C(C)(C)C)ccc21. The molecule has 0 aliphatic carbocycles. The molecule has 3 N–H and O–H groups in total. The lowest BCUT2D eigenvalue weighted by molar-refractivity contribution is -0.119. The number of aromatic nitrogens is 2. The molecule has 0 bridgehead atoms. The zero-order valence-electron chi connectivity index (χ0n) is 17.5. The number of carbonyl (C=O) groups excluding carboxylic acids is 1. The summed E-state index contributed by atoms with van der Waals surface area (Å²) in [4.78, 5) is 17.2. The van der Waals surface area contributed by atoms with Gasteiger partial charge in [0.25, 0.3) is 0 Å². The summed E-state index contributed by atoms with van der Waals surface area (Å²) in [5.74, 6) is 0.300. The summed E-state index contributed by atoms with van der Waals surface area (Å²) in [6.07, 6.45) is 2.07. The molecule has 1 heterocycles. The van der Waals surface area contributed by atoms with Crippen molar-refractivity contribution in [3.63, 3.8) is 0 Å². The molecule has 0 saturated carbocycles. The van der Waals surface area contributed by atoms with Crippen molar-refractivity contribution < 1.29 is 9.18 Å². The van der Waals surface area contributed by atoms with Crippen molar-refractivity contribution in [2.45, 2.75) is 53.1 Å². The molecular weight excluding hydrogens is 367 g/mol. The van der Waals surface area contributed by atoms with Crippen molar-refractivity contribution in [1.82, 2.24) is 9.55 Å². The van der Waals surface area contributed by atoms with Gasteiger partial charge in [0.15, 0.2) is 0 Å². The number of unbranched alkanes of at least 4 members (excludes halogenated alkanes) is 1. The van der Waals surface area contributed by atoms with Gasteiger partial charge in [0.1, 0.15) is 11.6 Å². The number of nitrogens with one attached hydrogen (secondary N) is 1. The highest BCUT2D eigenvalue weighted by atomic mass is 19.1. The Balaban J connectivity index is 1.98. The molecule has 3 aromatic rings. The van der Waals surface area contributed by atoms with Gasteiger partial charge in [-0.3, -0.25) is 4.79 Å². The van der Waals surface area contributed by atoms with Crippen LogP contribution in [-0.2, 0) is 11.3 Å². The van der Waals surface area contributed by atoms with Crippen LogP contribution in [-0.4, -0.2) is 21.5 Å². The summed E-state index contributed by atoms with van der Waals surface area (Å²) in [6.45, 7) is 8.77. The smallest absolute Gasteiger partial charge is 0.241 e. The summed E-state index contributed by atoms with van der Waals surface area (Å²) in [5.41, 5.74) is 9.02. The molecule has 0 spiro atoms. The minimum absolute atomic E-state index is 0.221. The van der Waals surface area contributed by atoms with Gasteiger partial charge < -0.3 is 15.6 Å². The minimum atomic E-state index is -0.616. The third-order valence-electron chi connectivity index (χ3n) is 5.07. The molecule has 0 fully saturated rings. The Morgan fingerprint density at radius 2 is 1.90 bits per heavy atom. The summed E-state index contributed by atoms with van der Waals surface area (Å²) in [6, 6.07) is 11.4. The molecule has 0 radical (unpaired) electrons. The van der Waals surface area contributed by atoms with Crippen LogP contribution in [0, 0.1) is 11.2 Å². The number of fused-ring (bicyclic) bond motifs is 1. The van der Waals surface area contributed by atoms with E-state index in [9.17, 15) is 9.18 Å². The Morgan fingerprint density at radius 1 is 1.21 bits per heavy atom. The second-order valence-corrected chi connectivity index (χ2v) is 8.48. The zero-order valence-corrected chi connectivity index (χ0v) is 17.5. The van der Waals surface area contributed by atoms with E-state index in [0.717, 1.165) is 41.8 Å². The highest BCUT2D eigenvalue weighted by Crippen LogP contribution is 2.28. The Morgan fingerprint density at radius 3 is 2.52 bits per heavy atom. The number of aryl methyl sites for hydroxylation is 1. The van der Waals surface area contributed by atoms with Gasteiger partial charge in [-0.15, -0.1) is 0 Å². The van der Waals surface area contributed by atoms with Gasteiger partial charge in [-0.1, -0.05) is 34.1 Å². The first kappa shape index (κ1) is 21.0. The Kier molecular flexibility index (Phi) is 6.03. The van der Waals surface area contributed by atoms with Crippen LogP contribution in [0.15, 0.2) is 42.5 Å². The van der Waals surface area contributed by atoms with E-state index < -0.39 is 6.04 Å². The van der Waals surface area contributed by atoms with Crippen LogP contribution >= 0.6 is 0 Å². The second-order valence-electron chi connectivity index (χ2n) is 8.48. The van der Waals surface area contributed by atoms with Crippen molar-refractivity contribution in [2.24, 2.45) is 11.1 Å². The molecule has 3 rings (SSSR count). The highest BCUT2D eigenvalue weighted by Gasteiger charge is 2.27. The molecule has 1 amide bonds. The van der Waals surface area contributed by atoms with Crippen LogP contribution in [0.25, 0.3) is 22.4 Å². The normalized spacial score (nSPS) is 12.9. The number of nitrogens with two attached hydrogens (primary N) is 1. The maximum absolute atomic E-state index is 13.4. The van der Waals surface area contributed by atoms with E-state index in [2.05, 4.69) is 16.8 Å². The number of halogens is 1. The predicted octanol–water partition coefficient (Wildman–Crippen LogP) is 4.95. The van der Waals surface area contributed by atoms with Gasteiger partial charge >= 0.3 is 0 Å². The van der Waals surface area contributed by atoms with Crippen LogP contribution in [0.2, 0.25) is 0 Å². The lowest BCUT2D eigenvalue weighted by atomic mass is 9.87. The molecule has 0 aliphatic heterocycles. The molecular formula is C23H29FN4O. The van der Waals surface area contributed by atoms with Crippen LogP contribution in [0.4, 0.5) is 10.1 Å². The van der Waals surface area contributed by atoms with E-state index in [0.29, 0.717) is 5.69 Å². The lowest BCUT2D eigenvalue weighted by Gasteiger charge is -2.25. The Labute approximate surface area is 171 Å². The average molecular weight is 397 g/mol. The van der Waals surface area contributed by atoms with Gasteiger partial charge in [-0.2, -0.15) is 0 Å². The van der Waals surface area contributed by atoms with Gasteiger partial charge in [0, 0.05) is 17.8 Å². The van der Waals surface area contributed by atoms with Crippen LogP contribution in [0.1, 0.15) is 40.5 Å².